The number of ketones is 1. The molecule has 152 valence electrons. The Balaban J connectivity index is 1.73. The summed E-state index contributed by atoms with van der Waals surface area (Å²) in [5.41, 5.74) is -0.966. The second kappa shape index (κ2) is 6.13. The van der Waals surface area contributed by atoms with E-state index in [-0.39, 0.29) is 47.5 Å². The number of carbonyl (C=O) groups is 3. The van der Waals surface area contributed by atoms with Crippen LogP contribution in [0.2, 0.25) is 5.02 Å². The van der Waals surface area contributed by atoms with Gasteiger partial charge in [0.05, 0.1) is 23.4 Å². The van der Waals surface area contributed by atoms with Crippen molar-refractivity contribution in [1.82, 2.24) is 4.57 Å². The minimum atomic E-state index is -2.00. The fourth-order valence-electron chi connectivity index (χ4n) is 4.26. The standard InChI is InChI=1S/C21H15ClN2O6/c1-2-21(29)13-6-15-17(25)11(7-24(15)19(27)12(13)8-30-20(21)28)16-10-5-9(22)3-4-14(10)23-18(16)26/h3-6,29H,2,7-8H2,1H3,(H,23,26)/b16-11+. The van der Waals surface area contributed by atoms with Crippen molar-refractivity contribution in [2.45, 2.75) is 32.1 Å². The molecule has 0 spiro atoms. The number of allylic oxidation sites excluding steroid dienone is 1. The lowest BCUT2D eigenvalue weighted by Crippen LogP contribution is -2.44. The molecular formula is C21H15ClN2O6. The number of pyridine rings is 1. The molecule has 0 aliphatic carbocycles. The van der Waals surface area contributed by atoms with E-state index < -0.39 is 28.8 Å². The van der Waals surface area contributed by atoms with E-state index in [1.807, 2.05) is 0 Å². The number of aromatic nitrogens is 1. The number of carbonyl (C=O) groups excluding carboxylic acids is 3. The molecule has 0 bridgehead atoms. The fraction of sp³-hybridized carbons (Fsp3) is 0.238. The number of amides is 1. The number of Topliss-reactive ketones (excluding diaryl/α,β-unsaturated/α-hetero) is 1. The number of halogens is 1. The van der Waals surface area contributed by atoms with Crippen molar-refractivity contribution in [1.29, 1.82) is 0 Å². The second-order valence-corrected chi connectivity index (χ2v) is 7.87. The normalized spacial score (nSPS) is 24.3. The summed E-state index contributed by atoms with van der Waals surface area (Å²) in [6, 6.07) is 6.22. The lowest BCUT2D eigenvalue weighted by Gasteiger charge is -2.31. The Morgan fingerprint density at radius 1 is 1.23 bits per heavy atom. The maximum atomic E-state index is 13.2. The monoisotopic (exact) mass is 426 g/mol. The van der Waals surface area contributed by atoms with Crippen LogP contribution in [0.1, 0.15) is 40.5 Å². The number of fused-ring (bicyclic) bond motifs is 3. The zero-order valence-corrected chi connectivity index (χ0v) is 16.5. The van der Waals surface area contributed by atoms with Gasteiger partial charge in [0, 0.05) is 27.4 Å². The van der Waals surface area contributed by atoms with Crippen molar-refractivity contribution in [3.05, 3.63) is 67.6 Å². The molecule has 1 unspecified atom stereocenters. The highest BCUT2D eigenvalue weighted by molar-refractivity contribution is 6.38. The molecule has 0 fully saturated rings. The Bertz CT molecular complexity index is 1290. The number of nitrogens with one attached hydrogen (secondary N) is 1. The number of hydrogen-bond acceptors (Lipinski definition) is 6. The van der Waals surface area contributed by atoms with Gasteiger partial charge in [0.2, 0.25) is 5.78 Å². The summed E-state index contributed by atoms with van der Waals surface area (Å²) in [7, 11) is 0. The van der Waals surface area contributed by atoms with Gasteiger partial charge in [-0.1, -0.05) is 18.5 Å². The molecule has 1 aromatic heterocycles. The van der Waals surface area contributed by atoms with Crippen molar-refractivity contribution >= 4 is 40.5 Å². The molecule has 2 N–H and O–H groups in total. The molecule has 5 rings (SSSR count). The van der Waals surface area contributed by atoms with Gasteiger partial charge < -0.3 is 19.7 Å². The topological polar surface area (TPSA) is 115 Å². The van der Waals surface area contributed by atoms with Crippen molar-refractivity contribution in [2.75, 3.05) is 5.32 Å². The maximum Gasteiger partial charge on any atom is 0.343 e. The fourth-order valence-corrected chi connectivity index (χ4v) is 4.43. The van der Waals surface area contributed by atoms with Gasteiger partial charge in [-0.2, -0.15) is 0 Å². The van der Waals surface area contributed by atoms with Crippen LogP contribution in [0, 0.1) is 0 Å². The summed E-state index contributed by atoms with van der Waals surface area (Å²) >= 11 is 6.07. The minimum Gasteiger partial charge on any atom is -0.458 e. The van der Waals surface area contributed by atoms with Gasteiger partial charge in [0.1, 0.15) is 6.61 Å². The number of esters is 1. The predicted octanol–water partition coefficient (Wildman–Crippen LogP) is 1.76. The summed E-state index contributed by atoms with van der Waals surface area (Å²) < 4.78 is 6.25. The van der Waals surface area contributed by atoms with Gasteiger partial charge in [0.15, 0.2) is 5.60 Å². The molecule has 9 heteroatoms. The highest BCUT2D eigenvalue weighted by Crippen LogP contribution is 2.40. The molecular weight excluding hydrogens is 412 g/mol. The Kier molecular flexibility index (Phi) is 3.84. The number of ether oxygens (including phenoxy) is 1. The first-order valence-electron chi connectivity index (χ1n) is 9.32. The van der Waals surface area contributed by atoms with Crippen LogP contribution in [0.25, 0.3) is 5.57 Å². The number of anilines is 1. The van der Waals surface area contributed by atoms with Gasteiger partial charge in [-0.25, -0.2) is 4.79 Å². The van der Waals surface area contributed by atoms with Gasteiger partial charge in [-0.05, 0) is 30.7 Å². The van der Waals surface area contributed by atoms with E-state index in [2.05, 4.69) is 5.32 Å². The van der Waals surface area contributed by atoms with Crippen molar-refractivity contribution in [3.63, 3.8) is 0 Å². The third-order valence-corrected chi connectivity index (χ3v) is 6.13. The SMILES string of the molecule is CCC1(O)C(=O)OCc2c1cc1n(c2=O)C/C(=C2\C(=O)Nc3ccc(Cl)cc32)C1=O. The number of cyclic esters (lactones) is 1. The Morgan fingerprint density at radius 2 is 2.00 bits per heavy atom. The number of benzene rings is 1. The van der Waals surface area contributed by atoms with E-state index >= 15 is 0 Å². The third-order valence-electron chi connectivity index (χ3n) is 5.89. The molecule has 1 aromatic carbocycles. The molecule has 1 atom stereocenters. The lowest BCUT2D eigenvalue weighted by molar-refractivity contribution is -0.172. The summed E-state index contributed by atoms with van der Waals surface area (Å²) in [5.74, 6) is -1.82. The molecule has 4 heterocycles. The molecule has 0 saturated heterocycles. The molecule has 3 aliphatic rings. The number of aliphatic hydroxyl groups is 1. The number of nitrogens with zero attached hydrogens (tertiary/aromatic N) is 1. The van der Waals surface area contributed by atoms with E-state index in [1.54, 1.807) is 25.1 Å². The van der Waals surface area contributed by atoms with Crippen LogP contribution >= 0.6 is 11.6 Å². The van der Waals surface area contributed by atoms with E-state index in [1.165, 1.54) is 10.6 Å². The van der Waals surface area contributed by atoms with E-state index in [0.717, 1.165) is 0 Å². The largest absolute Gasteiger partial charge is 0.458 e. The van der Waals surface area contributed by atoms with Crippen LogP contribution in [0.5, 0.6) is 0 Å². The molecule has 0 saturated carbocycles. The summed E-state index contributed by atoms with van der Waals surface area (Å²) in [5, 5.41) is 13.9. The van der Waals surface area contributed by atoms with Gasteiger partial charge in [-0.15, -0.1) is 0 Å². The van der Waals surface area contributed by atoms with Gasteiger partial charge in [0.25, 0.3) is 11.5 Å². The van der Waals surface area contributed by atoms with E-state index in [9.17, 15) is 24.3 Å². The minimum absolute atomic E-state index is 0.0157. The van der Waals surface area contributed by atoms with Crippen molar-refractivity contribution in [2.24, 2.45) is 0 Å². The molecule has 1 amide bonds. The molecule has 2 aromatic rings. The molecule has 8 nitrogen and oxygen atoms in total. The second-order valence-electron chi connectivity index (χ2n) is 7.43. The van der Waals surface area contributed by atoms with Crippen LogP contribution in [0.4, 0.5) is 5.69 Å². The van der Waals surface area contributed by atoms with Crippen molar-refractivity contribution in [3.8, 4) is 0 Å². The summed E-state index contributed by atoms with van der Waals surface area (Å²) in [6.07, 6.45) is -0.0157. The van der Waals surface area contributed by atoms with Crippen LogP contribution in [0.15, 0.2) is 34.6 Å². The summed E-state index contributed by atoms with van der Waals surface area (Å²) in [6.45, 7) is 1.20. The van der Waals surface area contributed by atoms with Crippen LogP contribution < -0.4 is 10.9 Å². The van der Waals surface area contributed by atoms with E-state index in [0.29, 0.717) is 16.3 Å². The first-order chi connectivity index (χ1) is 14.3. The number of hydrogen-bond donors (Lipinski definition) is 2. The highest BCUT2D eigenvalue weighted by Gasteiger charge is 2.46. The van der Waals surface area contributed by atoms with Crippen LogP contribution in [-0.2, 0) is 33.1 Å². The Labute approximate surface area is 174 Å². The molecule has 0 radical (unpaired) electrons. The first kappa shape index (κ1) is 18.8. The third kappa shape index (κ3) is 2.31. The van der Waals surface area contributed by atoms with Gasteiger partial charge in [-0.3, -0.25) is 14.4 Å². The van der Waals surface area contributed by atoms with E-state index in [4.69, 9.17) is 16.3 Å². The highest BCUT2D eigenvalue weighted by atomic mass is 35.5. The average molecular weight is 427 g/mol. The smallest absolute Gasteiger partial charge is 0.343 e. The zero-order valence-electron chi connectivity index (χ0n) is 15.7. The Morgan fingerprint density at radius 3 is 2.73 bits per heavy atom. The van der Waals surface area contributed by atoms with Gasteiger partial charge >= 0.3 is 5.97 Å². The zero-order chi connectivity index (χ0) is 21.4. The van der Waals surface area contributed by atoms with Crippen LogP contribution in [-0.4, -0.2) is 27.3 Å². The Hall–Kier alpha value is -3.23. The summed E-state index contributed by atoms with van der Waals surface area (Å²) in [4.78, 5) is 51.0. The molecule has 3 aliphatic heterocycles. The average Bonchev–Trinajstić information content (AvgIpc) is 3.21. The maximum absolute atomic E-state index is 13.2. The molecule has 30 heavy (non-hydrogen) atoms. The first-order valence-corrected chi connectivity index (χ1v) is 9.70. The quantitative estimate of drug-likeness (QED) is 0.530. The van der Waals surface area contributed by atoms with Crippen molar-refractivity contribution < 1.29 is 24.2 Å². The lowest BCUT2D eigenvalue weighted by atomic mass is 9.86. The predicted molar refractivity (Wildman–Crippen MR) is 106 cm³/mol. The number of rotatable bonds is 1. The van der Waals surface area contributed by atoms with Crippen LogP contribution in [0.3, 0.4) is 0 Å².